The SMILES string of the molecule is CC1CC(C(=O)Nc2ccc(-n3cccn3)cc2C(F)(F)F)CO1. The third-order valence-electron chi connectivity index (χ3n) is 3.90. The molecule has 2 unspecified atom stereocenters. The largest absolute Gasteiger partial charge is 0.418 e. The van der Waals surface area contributed by atoms with Crippen LogP contribution in [-0.4, -0.2) is 28.4 Å². The van der Waals surface area contributed by atoms with E-state index in [2.05, 4.69) is 10.4 Å². The summed E-state index contributed by atoms with van der Waals surface area (Å²) in [5.74, 6) is -0.899. The maximum atomic E-state index is 13.4. The zero-order chi connectivity index (χ0) is 17.3. The first-order chi connectivity index (χ1) is 11.3. The number of alkyl halides is 3. The van der Waals surface area contributed by atoms with Crippen LogP contribution in [0, 0.1) is 5.92 Å². The topological polar surface area (TPSA) is 56.2 Å². The van der Waals surface area contributed by atoms with Crippen LogP contribution >= 0.6 is 0 Å². The minimum atomic E-state index is -4.59. The number of benzene rings is 1. The first-order valence-corrected chi connectivity index (χ1v) is 7.48. The Morgan fingerprint density at radius 3 is 2.79 bits per heavy atom. The Morgan fingerprint density at radius 2 is 2.21 bits per heavy atom. The lowest BCUT2D eigenvalue weighted by atomic mass is 10.0. The summed E-state index contributed by atoms with van der Waals surface area (Å²) in [6, 6.07) is 5.31. The quantitative estimate of drug-likeness (QED) is 0.934. The summed E-state index contributed by atoms with van der Waals surface area (Å²) in [5.41, 5.74) is -0.901. The lowest BCUT2D eigenvalue weighted by Crippen LogP contribution is -2.25. The van der Waals surface area contributed by atoms with Gasteiger partial charge in [-0.25, -0.2) is 4.68 Å². The number of anilines is 1. The first kappa shape index (κ1) is 16.5. The molecular formula is C16H16F3N3O2. The molecule has 3 rings (SSSR count). The lowest BCUT2D eigenvalue weighted by Gasteiger charge is -2.17. The van der Waals surface area contributed by atoms with E-state index in [-0.39, 0.29) is 24.1 Å². The van der Waals surface area contributed by atoms with Crippen molar-refractivity contribution in [2.45, 2.75) is 25.6 Å². The summed E-state index contributed by atoms with van der Waals surface area (Å²) in [4.78, 5) is 12.2. The zero-order valence-electron chi connectivity index (χ0n) is 12.9. The number of rotatable bonds is 3. The third kappa shape index (κ3) is 3.43. The molecular weight excluding hydrogens is 323 g/mol. The minimum Gasteiger partial charge on any atom is -0.378 e. The summed E-state index contributed by atoms with van der Waals surface area (Å²) in [6.07, 6.45) is -1.14. The summed E-state index contributed by atoms with van der Waals surface area (Å²) in [5, 5.41) is 6.30. The summed E-state index contributed by atoms with van der Waals surface area (Å²) in [6.45, 7) is 2.05. The van der Waals surface area contributed by atoms with Gasteiger partial charge in [-0.05, 0) is 37.6 Å². The van der Waals surface area contributed by atoms with Gasteiger partial charge in [-0.3, -0.25) is 4.79 Å². The molecule has 128 valence electrons. The van der Waals surface area contributed by atoms with E-state index in [4.69, 9.17) is 4.74 Å². The van der Waals surface area contributed by atoms with Gasteiger partial charge in [0.25, 0.3) is 0 Å². The van der Waals surface area contributed by atoms with E-state index in [1.54, 1.807) is 12.3 Å². The predicted molar refractivity (Wildman–Crippen MR) is 80.7 cm³/mol. The van der Waals surface area contributed by atoms with Crippen LogP contribution in [0.3, 0.4) is 0 Å². The molecule has 5 nitrogen and oxygen atoms in total. The molecule has 0 spiro atoms. The highest BCUT2D eigenvalue weighted by Gasteiger charge is 2.36. The highest BCUT2D eigenvalue weighted by atomic mass is 19.4. The molecule has 1 saturated heterocycles. The summed E-state index contributed by atoms with van der Waals surface area (Å²) < 4.78 is 46.7. The van der Waals surface area contributed by atoms with E-state index in [0.717, 1.165) is 6.07 Å². The van der Waals surface area contributed by atoms with Gasteiger partial charge in [0, 0.05) is 12.4 Å². The second-order valence-electron chi connectivity index (χ2n) is 5.74. The van der Waals surface area contributed by atoms with Crippen LogP contribution in [0.1, 0.15) is 18.9 Å². The number of hydrogen-bond donors (Lipinski definition) is 1. The second-order valence-corrected chi connectivity index (χ2v) is 5.74. The van der Waals surface area contributed by atoms with E-state index in [1.807, 2.05) is 6.92 Å². The molecule has 1 N–H and O–H groups in total. The Kier molecular flexibility index (Phi) is 4.31. The van der Waals surface area contributed by atoms with Gasteiger partial charge in [-0.2, -0.15) is 18.3 Å². The smallest absolute Gasteiger partial charge is 0.378 e. The lowest BCUT2D eigenvalue weighted by molar-refractivity contribution is -0.137. The van der Waals surface area contributed by atoms with Crippen molar-refractivity contribution in [3.05, 3.63) is 42.2 Å². The average Bonchev–Trinajstić information content (AvgIpc) is 3.18. The molecule has 2 heterocycles. The fourth-order valence-corrected chi connectivity index (χ4v) is 2.67. The minimum absolute atomic E-state index is 0.0648. The molecule has 2 atom stereocenters. The molecule has 24 heavy (non-hydrogen) atoms. The van der Waals surface area contributed by atoms with Crippen molar-refractivity contribution >= 4 is 11.6 Å². The number of carbonyl (C=O) groups excluding carboxylic acids is 1. The van der Waals surface area contributed by atoms with Crippen molar-refractivity contribution < 1.29 is 22.7 Å². The molecule has 1 fully saturated rings. The fourth-order valence-electron chi connectivity index (χ4n) is 2.67. The van der Waals surface area contributed by atoms with Gasteiger partial charge >= 0.3 is 6.18 Å². The number of carbonyl (C=O) groups is 1. The van der Waals surface area contributed by atoms with Crippen LogP contribution in [0.5, 0.6) is 0 Å². The van der Waals surface area contributed by atoms with Crippen molar-refractivity contribution in [3.63, 3.8) is 0 Å². The molecule has 8 heteroatoms. The standard InChI is InChI=1S/C16H16F3N3O2/c1-10-7-11(9-24-10)15(23)21-14-4-3-12(22-6-2-5-20-22)8-13(14)16(17,18)19/h2-6,8,10-11H,7,9H2,1H3,(H,21,23). The number of ether oxygens (including phenoxy) is 1. The van der Waals surface area contributed by atoms with Crippen LogP contribution in [0.4, 0.5) is 18.9 Å². The van der Waals surface area contributed by atoms with Gasteiger partial charge in [0.1, 0.15) is 0 Å². The van der Waals surface area contributed by atoms with E-state index in [9.17, 15) is 18.0 Å². The van der Waals surface area contributed by atoms with Crippen molar-refractivity contribution in [2.24, 2.45) is 5.92 Å². The van der Waals surface area contributed by atoms with E-state index in [0.29, 0.717) is 6.42 Å². The van der Waals surface area contributed by atoms with Gasteiger partial charge < -0.3 is 10.1 Å². The molecule has 1 aromatic carbocycles. The van der Waals surface area contributed by atoms with Gasteiger partial charge in [0.05, 0.1) is 35.6 Å². The van der Waals surface area contributed by atoms with E-state index < -0.39 is 23.6 Å². The summed E-state index contributed by atoms with van der Waals surface area (Å²) in [7, 11) is 0. The Bertz CT molecular complexity index is 729. The molecule has 2 aromatic rings. The second kappa shape index (κ2) is 6.27. The predicted octanol–water partition coefficient (Wildman–Crippen LogP) is 3.25. The third-order valence-corrected chi connectivity index (χ3v) is 3.90. The number of nitrogens with one attached hydrogen (secondary N) is 1. The van der Waals surface area contributed by atoms with Crippen molar-refractivity contribution in [3.8, 4) is 5.69 Å². The summed E-state index contributed by atoms with van der Waals surface area (Å²) >= 11 is 0. The maximum Gasteiger partial charge on any atom is 0.418 e. The van der Waals surface area contributed by atoms with Crippen LogP contribution in [0.2, 0.25) is 0 Å². The molecule has 0 bridgehead atoms. The molecule has 1 aliphatic heterocycles. The Labute approximate surface area is 136 Å². The van der Waals surface area contributed by atoms with Gasteiger partial charge in [-0.15, -0.1) is 0 Å². The number of aromatic nitrogens is 2. The van der Waals surface area contributed by atoms with E-state index in [1.165, 1.54) is 23.0 Å². The number of hydrogen-bond acceptors (Lipinski definition) is 3. The number of halogens is 3. The van der Waals surface area contributed by atoms with Crippen LogP contribution in [0.25, 0.3) is 5.69 Å². The van der Waals surface area contributed by atoms with Crippen molar-refractivity contribution in [2.75, 3.05) is 11.9 Å². The monoisotopic (exact) mass is 339 g/mol. The Morgan fingerprint density at radius 1 is 1.42 bits per heavy atom. The molecule has 1 aromatic heterocycles. The fraction of sp³-hybridized carbons (Fsp3) is 0.375. The molecule has 1 amide bonds. The van der Waals surface area contributed by atoms with Crippen LogP contribution in [-0.2, 0) is 15.7 Å². The maximum absolute atomic E-state index is 13.4. The molecule has 0 radical (unpaired) electrons. The highest BCUT2D eigenvalue weighted by Crippen LogP contribution is 2.36. The Hall–Kier alpha value is -2.35. The molecule has 0 saturated carbocycles. The van der Waals surface area contributed by atoms with Crippen LogP contribution < -0.4 is 5.32 Å². The zero-order valence-corrected chi connectivity index (χ0v) is 12.9. The number of nitrogens with zero attached hydrogens (tertiary/aromatic N) is 2. The first-order valence-electron chi connectivity index (χ1n) is 7.48. The molecule has 0 aliphatic carbocycles. The van der Waals surface area contributed by atoms with E-state index >= 15 is 0 Å². The van der Waals surface area contributed by atoms with Gasteiger partial charge in [0.2, 0.25) is 5.91 Å². The Balaban J connectivity index is 1.88. The van der Waals surface area contributed by atoms with Gasteiger partial charge in [0.15, 0.2) is 0 Å². The van der Waals surface area contributed by atoms with Crippen molar-refractivity contribution in [1.29, 1.82) is 0 Å². The van der Waals surface area contributed by atoms with Crippen LogP contribution in [0.15, 0.2) is 36.7 Å². The normalized spacial score (nSPS) is 21.0. The highest BCUT2D eigenvalue weighted by molar-refractivity contribution is 5.93. The van der Waals surface area contributed by atoms with Crippen molar-refractivity contribution in [1.82, 2.24) is 9.78 Å². The van der Waals surface area contributed by atoms with Gasteiger partial charge in [-0.1, -0.05) is 0 Å². The molecule has 1 aliphatic rings. The number of amides is 1. The average molecular weight is 339 g/mol.